The number of rotatable bonds is 4. The lowest BCUT2D eigenvalue weighted by atomic mass is 10.1. The van der Waals surface area contributed by atoms with Crippen LogP contribution in [0.4, 0.5) is 10.2 Å². The van der Waals surface area contributed by atoms with Crippen LogP contribution >= 0.6 is 0 Å². The van der Waals surface area contributed by atoms with Crippen molar-refractivity contribution in [3.05, 3.63) is 23.6 Å². The van der Waals surface area contributed by atoms with E-state index in [1.54, 1.807) is 0 Å². The maximum absolute atomic E-state index is 13.0. The van der Waals surface area contributed by atoms with Crippen LogP contribution in [0, 0.1) is 5.82 Å². The second-order valence-electron chi connectivity index (χ2n) is 3.51. The molecule has 0 amide bonds. The highest BCUT2D eigenvalue weighted by molar-refractivity contribution is 5.40. The molecule has 0 radical (unpaired) electrons. The maximum Gasteiger partial charge on any atom is 0.141 e. The molecule has 0 aromatic carbocycles. The average molecular weight is 213 g/mol. The van der Waals surface area contributed by atoms with Crippen LogP contribution in [-0.4, -0.2) is 35.2 Å². The predicted molar refractivity (Wildman–Crippen MR) is 56.7 cm³/mol. The monoisotopic (exact) mass is 213 g/mol. The lowest BCUT2D eigenvalue weighted by Crippen LogP contribution is -2.26. The first-order valence-electron chi connectivity index (χ1n) is 4.78. The van der Waals surface area contributed by atoms with Gasteiger partial charge >= 0.3 is 0 Å². The van der Waals surface area contributed by atoms with Gasteiger partial charge in [0.05, 0.1) is 12.8 Å². The molecule has 1 aromatic rings. The lowest BCUT2D eigenvalue weighted by Gasteiger charge is -2.24. The van der Waals surface area contributed by atoms with Crippen LogP contribution in [0.5, 0.6) is 0 Å². The van der Waals surface area contributed by atoms with Gasteiger partial charge in [-0.3, -0.25) is 4.90 Å². The van der Waals surface area contributed by atoms with E-state index in [1.165, 1.54) is 6.07 Å². The number of aromatic nitrogens is 1. The minimum absolute atomic E-state index is 0.0590. The highest BCUT2D eigenvalue weighted by Gasteiger charge is 2.15. The number of nitrogens with zero attached hydrogens (tertiary/aromatic N) is 2. The molecule has 0 bridgehead atoms. The van der Waals surface area contributed by atoms with Crippen LogP contribution in [0.3, 0.4) is 0 Å². The number of halogens is 1. The Kier molecular flexibility index (Phi) is 3.99. The Balaban J connectivity index is 2.89. The van der Waals surface area contributed by atoms with Gasteiger partial charge in [-0.1, -0.05) is 0 Å². The minimum Gasteiger partial charge on any atom is -0.395 e. The van der Waals surface area contributed by atoms with E-state index in [1.807, 2.05) is 18.9 Å². The fourth-order valence-electron chi connectivity index (χ4n) is 1.39. The van der Waals surface area contributed by atoms with Crippen LogP contribution in [-0.2, 0) is 0 Å². The second kappa shape index (κ2) is 5.04. The summed E-state index contributed by atoms with van der Waals surface area (Å²) in [4.78, 5) is 5.64. The summed E-state index contributed by atoms with van der Waals surface area (Å²) >= 11 is 0. The zero-order valence-electron chi connectivity index (χ0n) is 8.94. The minimum atomic E-state index is -0.400. The summed E-state index contributed by atoms with van der Waals surface area (Å²) in [6.45, 7) is 2.46. The summed E-state index contributed by atoms with van der Waals surface area (Å²) in [6.07, 6.45) is 1.09. The molecule has 0 aliphatic carbocycles. The van der Waals surface area contributed by atoms with Gasteiger partial charge in [0.2, 0.25) is 0 Å². The van der Waals surface area contributed by atoms with E-state index in [4.69, 9.17) is 10.8 Å². The molecule has 1 heterocycles. The van der Waals surface area contributed by atoms with Crippen LogP contribution in [0.15, 0.2) is 12.3 Å². The van der Waals surface area contributed by atoms with Crippen LogP contribution in [0.1, 0.15) is 18.5 Å². The Hall–Kier alpha value is -1.20. The van der Waals surface area contributed by atoms with Crippen molar-refractivity contribution in [2.45, 2.75) is 13.0 Å². The van der Waals surface area contributed by atoms with E-state index >= 15 is 0 Å². The van der Waals surface area contributed by atoms with Crippen molar-refractivity contribution in [3.63, 3.8) is 0 Å². The predicted octanol–water partition coefficient (Wildman–Crippen LogP) is 0.788. The largest absolute Gasteiger partial charge is 0.395 e. The molecule has 84 valence electrons. The molecule has 1 unspecified atom stereocenters. The number of aliphatic hydroxyl groups is 1. The van der Waals surface area contributed by atoms with Gasteiger partial charge in [-0.05, 0) is 20.0 Å². The highest BCUT2D eigenvalue weighted by atomic mass is 19.1. The zero-order chi connectivity index (χ0) is 11.4. The first-order valence-corrected chi connectivity index (χ1v) is 4.78. The number of hydrogen-bond acceptors (Lipinski definition) is 4. The van der Waals surface area contributed by atoms with Gasteiger partial charge in [0.25, 0.3) is 0 Å². The smallest absolute Gasteiger partial charge is 0.141 e. The molecule has 1 rings (SSSR count). The quantitative estimate of drug-likeness (QED) is 0.776. The van der Waals surface area contributed by atoms with Gasteiger partial charge in [-0.15, -0.1) is 0 Å². The normalized spacial score (nSPS) is 13.1. The molecule has 15 heavy (non-hydrogen) atoms. The third-order valence-electron chi connectivity index (χ3n) is 2.48. The standard InChI is InChI=1S/C10H16FN3O/c1-7(14(2)3-4-15)9-5-8(11)6-13-10(9)12/h5-7,15H,3-4H2,1-2H3,(H2,12,13). The van der Waals surface area contributed by atoms with Crippen molar-refractivity contribution in [2.24, 2.45) is 0 Å². The van der Waals surface area contributed by atoms with Crippen molar-refractivity contribution in [1.82, 2.24) is 9.88 Å². The van der Waals surface area contributed by atoms with E-state index in [2.05, 4.69) is 4.98 Å². The van der Waals surface area contributed by atoms with E-state index in [-0.39, 0.29) is 12.6 Å². The Labute approximate surface area is 88.5 Å². The van der Waals surface area contributed by atoms with E-state index < -0.39 is 5.82 Å². The fraction of sp³-hybridized carbons (Fsp3) is 0.500. The molecule has 0 aliphatic rings. The molecule has 4 nitrogen and oxygen atoms in total. The van der Waals surface area contributed by atoms with Crippen molar-refractivity contribution in [1.29, 1.82) is 0 Å². The summed E-state index contributed by atoms with van der Waals surface area (Å²) in [5, 5.41) is 8.79. The zero-order valence-corrected chi connectivity index (χ0v) is 8.94. The average Bonchev–Trinajstić information content (AvgIpc) is 2.21. The summed E-state index contributed by atoms with van der Waals surface area (Å²) in [5.74, 6) is -0.0721. The molecular formula is C10H16FN3O. The fourth-order valence-corrected chi connectivity index (χ4v) is 1.39. The molecule has 0 spiro atoms. The van der Waals surface area contributed by atoms with Crippen molar-refractivity contribution in [2.75, 3.05) is 25.9 Å². The highest BCUT2D eigenvalue weighted by Crippen LogP contribution is 2.23. The summed E-state index contributed by atoms with van der Waals surface area (Å²) in [7, 11) is 1.84. The second-order valence-corrected chi connectivity index (χ2v) is 3.51. The number of likely N-dealkylation sites (N-methyl/N-ethyl adjacent to an activating group) is 1. The SMILES string of the molecule is CC(c1cc(F)cnc1N)N(C)CCO. The van der Waals surface area contributed by atoms with Crippen molar-refractivity contribution in [3.8, 4) is 0 Å². The van der Waals surface area contributed by atoms with Gasteiger partial charge in [0, 0.05) is 18.2 Å². The van der Waals surface area contributed by atoms with Crippen LogP contribution < -0.4 is 5.73 Å². The summed E-state index contributed by atoms with van der Waals surface area (Å²) < 4.78 is 13.0. The van der Waals surface area contributed by atoms with E-state index in [9.17, 15) is 4.39 Å². The molecular weight excluding hydrogens is 197 g/mol. The Bertz CT molecular complexity index is 332. The Morgan fingerprint density at radius 2 is 2.33 bits per heavy atom. The third kappa shape index (κ3) is 2.87. The summed E-state index contributed by atoms with van der Waals surface area (Å²) in [5.41, 5.74) is 6.30. The van der Waals surface area contributed by atoms with Gasteiger partial charge in [-0.2, -0.15) is 0 Å². The number of anilines is 1. The molecule has 1 atom stereocenters. The number of pyridine rings is 1. The molecule has 5 heteroatoms. The Morgan fingerprint density at radius 1 is 1.67 bits per heavy atom. The molecule has 0 saturated carbocycles. The first-order chi connectivity index (χ1) is 7.06. The van der Waals surface area contributed by atoms with Crippen molar-refractivity contribution >= 4 is 5.82 Å². The van der Waals surface area contributed by atoms with Gasteiger partial charge in [0.1, 0.15) is 11.6 Å². The van der Waals surface area contributed by atoms with Crippen LogP contribution in [0.25, 0.3) is 0 Å². The molecule has 0 aliphatic heterocycles. The van der Waals surface area contributed by atoms with Gasteiger partial charge in [-0.25, -0.2) is 9.37 Å². The van der Waals surface area contributed by atoms with Crippen LogP contribution in [0.2, 0.25) is 0 Å². The molecule has 1 aromatic heterocycles. The number of nitrogens with two attached hydrogens (primary N) is 1. The Morgan fingerprint density at radius 3 is 2.93 bits per heavy atom. The van der Waals surface area contributed by atoms with E-state index in [0.717, 1.165) is 6.20 Å². The van der Waals surface area contributed by atoms with Crippen molar-refractivity contribution < 1.29 is 9.50 Å². The number of hydrogen-bond donors (Lipinski definition) is 2. The van der Waals surface area contributed by atoms with Gasteiger partial charge < -0.3 is 10.8 Å². The third-order valence-corrected chi connectivity index (χ3v) is 2.48. The van der Waals surface area contributed by atoms with E-state index in [0.29, 0.717) is 17.9 Å². The number of aliphatic hydroxyl groups excluding tert-OH is 1. The lowest BCUT2D eigenvalue weighted by molar-refractivity contribution is 0.188. The molecule has 0 saturated heterocycles. The number of nitrogen functional groups attached to an aromatic ring is 1. The topological polar surface area (TPSA) is 62.4 Å². The van der Waals surface area contributed by atoms with Gasteiger partial charge in [0.15, 0.2) is 0 Å². The molecule has 3 N–H and O–H groups in total. The molecule has 0 fully saturated rings. The summed E-state index contributed by atoms with van der Waals surface area (Å²) in [6, 6.07) is 1.31. The maximum atomic E-state index is 13.0. The first kappa shape index (κ1) is 11.9.